The SMILES string of the molecule is Cc1nn(CC(=O)NC(c2ccccc2)C2CC2)c(=O)c2ccccc12. The van der Waals surface area contributed by atoms with Gasteiger partial charge in [-0.15, -0.1) is 0 Å². The predicted molar refractivity (Wildman–Crippen MR) is 101 cm³/mol. The lowest BCUT2D eigenvalue weighted by Gasteiger charge is -2.19. The molecule has 1 amide bonds. The van der Waals surface area contributed by atoms with Crippen molar-refractivity contribution < 1.29 is 4.79 Å². The second kappa shape index (κ2) is 6.75. The van der Waals surface area contributed by atoms with Crippen LogP contribution in [0, 0.1) is 12.8 Å². The Bertz CT molecular complexity index is 1010. The third kappa shape index (κ3) is 3.25. The van der Waals surface area contributed by atoms with Crippen LogP contribution in [0.3, 0.4) is 0 Å². The first-order valence-corrected chi connectivity index (χ1v) is 8.94. The first-order valence-electron chi connectivity index (χ1n) is 8.94. The van der Waals surface area contributed by atoms with Gasteiger partial charge in [-0.05, 0) is 37.3 Å². The van der Waals surface area contributed by atoms with Gasteiger partial charge in [0, 0.05) is 5.39 Å². The molecule has 2 aromatic carbocycles. The number of carbonyl (C=O) groups is 1. The summed E-state index contributed by atoms with van der Waals surface area (Å²) in [5, 5.41) is 8.84. The third-order valence-electron chi connectivity index (χ3n) is 4.91. The molecule has 5 nitrogen and oxygen atoms in total. The first-order chi connectivity index (χ1) is 12.6. The van der Waals surface area contributed by atoms with Gasteiger partial charge in [0.15, 0.2) is 0 Å². The largest absolute Gasteiger partial charge is 0.347 e. The van der Waals surface area contributed by atoms with Crippen molar-refractivity contribution in [2.75, 3.05) is 0 Å². The number of benzene rings is 2. The quantitative estimate of drug-likeness (QED) is 0.772. The highest BCUT2D eigenvalue weighted by Crippen LogP contribution is 2.40. The minimum Gasteiger partial charge on any atom is -0.347 e. The van der Waals surface area contributed by atoms with Crippen molar-refractivity contribution in [3.63, 3.8) is 0 Å². The Morgan fingerprint density at radius 2 is 1.77 bits per heavy atom. The summed E-state index contributed by atoms with van der Waals surface area (Å²) in [7, 11) is 0. The fraction of sp³-hybridized carbons (Fsp3) is 0.286. The van der Waals surface area contributed by atoms with E-state index in [0.717, 1.165) is 29.5 Å². The van der Waals surface area contributed by atoms with E-state index in [4.69, 9.17) is 0 Å². The Labute approximate surface area is 151 Å². The molecule has 1 saturated carbocycles. The maximum absolute atomic E-state index is 12.6. The lowest BCUT2D eigenvalue weighted by molar-refractivity contribution is -0.122. The summed E-state index contributed by atoms with van der Waals surface area (Å²) in [6.45, 7) is 1.79. The molecule has 0 aliphatic heterocycles. The number of hydrogen-bond acceptors (Lipinski definition) is 3. The van der Waals surface area contributed by atoms with Crippen LogP contribution in [0.15, 0.2) is 59.4 Å². The number of fused-ring (bicyclic) bond motifs is 1. The number of rotatable bonds is 5. The van der Waals surface area contributed by atoms with E-state index in [1.807, 2.05) is 55.5 Å². The molecule has 1 aromatic heterocycles. The number of nitrogens with zero attached hydrogens (tertiary/aromatic N) is 2. The number of amides is 1. The summed E-state index contributed by atoms with van der Waals surface area (Å²) < 4.78 is 1.27. The molecule has 4 rings (SSSR count). The molecule has 1 fully saturated rings. The molecule has 26 heavy (non-hydrogen) atoms. The van der Waals surface area contributed by atoms with E-state index in [-0.39, 0.29) is 24.1 Å². The second-order valence-corrected chi connectivity index (χ2v) is 6.89. The van der Waals surface area contributed by atoms with Crippen molar-refractivity contribution in [1.29, 1.82) is 0 Å². The molecule has 132 valence electrons. The summed E-state index contributed by atoms with van der Waals surface area (Å²) in [6.07, 6.45) is 2.24. The molecular weight excluding hydrogens is 326 g/mol. The molecule has 5 heteroatoms. The molecule has 1 aliphatic carbocycles. The summed E-state index contributed by atoms with van der Waals surface area (Å²) in [6, 6.07) is 17.4. The third-order valence-corrected chi connectivity index (χ3v) is 4.91. The fourth-order valence-electron chi connectivity index (χ4n) is 3.43. The van der Waals surface area contributed by atoms with Crippen molar-refractivity contribution >= 4 is 16.7 Å². The number of hydrogen-bond donors (Lipinski definition) is 1. The van der Waals surface area contributed by atoms with Gasteiger partial charge in [-0.3, -0.25) is 9.59 Å². The van der Waals surface area contributed by atoms with Crippen LogP contribution in [0.5, 0.6) is 0 Å². The number of aryl methyl sites for hydroxylation is 1. The normalized spacial score (nSPS) is 15.0. The van der Waals surface area contributed by atoms with Crippen LogP contribution < -0.4 is 10.9 Å². The summed E-state index contributed by atoms with van der Waals surface area (Å²) >= 11 is 0. The van der Waals surface area contributed by atoms with E-state index in [1.165, 1.54) is 4.68 Å². The minimum atomic E-state index is -0.232. The number of carbonyl (C=O) groups excluding carboxylic acids is 1. The molecule has 1 aliphatic rings. The van der Waals surface area contributed by atoms with Crippen LogP contribution >= 0.6 is 0 Å². The van der Waals surface area contributed by atoms with Gasteiger partial charge >= 0.3 is 0 Å². The Morgan fingerprint density at radius 3 is 2.46 bits per heavy atom. The smallest absolute Gasteiger partial charge is 0.275 e. The first kappa shape index (κ1) is 16.5. The molecule has 1 atom stereocenters. The molecule has 3 aromatic rings. The highest BCUT2D eigenvalue weighted by atomic mass is 16.2. The van der Waals surface area contributed by atoms with Crippen LogP contribution in [0.25, 0.3) is 10.8 Å². The Kier molecular flexibility index (Phi) is 4.29. The molecular formula is C21H21N3O2. The van der Waals surface area contributed by atoms with E-state index in [0.29, 0.717) is 11.3 Å². The Balaban J connectivity index is 1.57. The predicted octanol–water partition coefficient (Wildman–Crippen LogP) is 2.97. The zero-order valence-corrected chi connectivity index (χ0v) is 14.7. The van der Waals surface area contributed by atoms with Gasteiger partial charge in [-0.2, -0.15) is 5.10 Å². The van der Waals surface area contributed by atoms with E-state index in [9.17, 15) is 9.59 Å². The minimum absolute atomic E-state index is 0.000885. The van der Waals surface area contributed by atoms with Gasteiger partial charge in [-0.1, -0.05) is 48.5 Å². The van der Waals surface area contributed by atoms with Crippen molar-refractivity contribution in [3.8, 4) is 0 Å². The molecule has 0 spiro atoms. The summed E-state index contributed by atoms with van der Waals surface area (Å²) in [4.78, 5) is 25.3. The standard InChI is InChI=1S/C21H21N3O2/c1-14-17-9-5-6-10-18(17)21(26)24(23-14)13-19(25)22-20(16-11-12-16)15-7-3-2-4-8-15/h2-10,16,20H,11-13H2,1H3,(H,22,25). The molecule has 1 heterocycles. The average molecular weight is 347 g/mol. The summed E-state index contributed by atoms with van der Waals surface area (Å²) in [5.41, 5.74) is 1.62. The topological polar surface area (TPSA) is 64.0 Å². The van der Waals surface area contributed by atoms with Crippen LogP contribution in [-0.2, 0) is 11.3 Å². The molecule has 0 radical (unpaired) electrons. The van der Waals surface area contributed by atoms with Crippen molar-refractivity contribution in [2.24, 2.45) is 5.92 Å². The summed E-state index contributed by atoms with van der Waals surface area (Å²) in [5.74, 6) is 0.291. The van der Waals surface area contributed by atoms with Crippen LogP contribution in [0.2, 0.25) is 0 Å². The maximum atomic E-state index is 12.6. The van der Waals surface area contributed by atoms with Crippen LogP contribution in [-0.4, -0.2) is 15.7 Å². The van der Waals surface area contributed by atoms with Gasteiger partial charge in [0.1, 0.15) is 6.54 Å². The molecule has 0 bridgehead atoms. The van der Waals surface area contributed by atoms with Gasteiger partial charge in [0.05, 0.1) is 17.1 Å². The molecule has 0 saturated heterocycles. The molecule has 1 N–H and O–H groups in total. The number of aromatic nitrogens is 2. The van der Waals surface area contributed by atoms with Crippen LogP contribution in [0.4, 0.5) is 0 Å². The van der Waals surface area contributed by atoms with E-state index >= 15 is 0 Å². The Hall–Kier alpha value is -2.95. The maximum Gasteiger partial charge on any atom is 0.275 e. The lowest BCUT2D eigenvalue weighted by atomic mass is 10.0. The van der Waals surface area contributed by atoms with E-state index in [2.05, 4.69) is 10.4 Å². The fourth-order valence-corrected chi connectivity index (χ4v) is 3.43. The zero-order valence-electron chi connectivity index (χ0n) is 14.7. The van der Waals surface area contributed by atoms with Gasteiger partial charge in [-0.25, -0.2) is 4.68 Å². The molecule has 1 unspecified atom stereocenters. The second-order valence-electron chi connectivity index (χ2n) is 6.89. The highest BCUT2D eigenvalue weighted by Gasteiger charge is 2.33. The van der Waals surface area contributed by atoms with E-state index in [1.54, 1.807) is 6.07 Å². The van der Waals surface area contributed by atoms with Gasteiger partial charge in [0.25, 0.3) is 5.56 Å². The van der Waals surface area contributed by atoms with Gasteiger partial charge < -0.3 is 5.32 Å². The van der Waals surface area contributed by atoms with Crippen molar-refractivity contribution in [2.45, 2.75) is 32.4 Å². The van der Waals surface area contributed by atoms with E-state index < -0.39 is 0 Å². The van der Waals surface area contributed by atoms with Crippen LogP contribution in [0.1, 0.15) is 30.1 Å². The monoisotopic (exact) mass is 347 g/mol. The van der Waals surface area contributed by atoms with Gasteiger partial charge in [0.2, 0.25) is 5.91 Å². The lowest BCUT2D eigenvalue weighted by Crippen LogP contribution is -2.36. The number of nitrogens with one attached hydrogen (secondary N) is 1. The average Bonchev–Trinajstić information content (AvgIpc) is 3.50. The highest BCUT2D eigenvalue weighted by molar-refractivity contribution is 5.83. The van der Waals surface area contributed by atoms with Crippen molar-refractivity contribution in [1.82, 2.24) is 15.1 Å². The Morgan fingerprint density at radius 1 is 1.12 bits per heavy atom. The zero-order chi connectivity index (χ0) is 18.1. The van der Waals surface area contributed by atoms with Crippen molar-refractivity contribution in [3.05, 3.63) is 76.2 Å².